The van der Waals surface area contributed by atoms with Gasteiger partial charge in [0.25, 0.3) is 0 Å². The number of ether oxygens (including phenoxy) is 2. The van der Waals surface area contributed by atoms with Crippen LogP contribution in [0.4, 0.5) is 11.5 Å². The molecule has 0 amide bonds. The molecule has 0 saturated carbocycles. The molecule has 0 bridgehead atoms. The summed E-state index contributed by atoms with van der Waals surface area (Å²) in [4.78, 5) is 12.3. The molecule has 2 aromatic heterocycles. The van der Waals surface area contributed by atoms with Gasteiger partial charge in [-0.05, 0) is 29.7 Å². The molecule has 2 aromatic carbocycles. The van der Waals surface area contributed by atoms with E-state index in [1.807, 2.05) is 18.2 Å². The standard InChI is InChI=1S/C21H22N4O2/c1-12(2)13-6-5-7-14(8-13)24-21-20-19(22-11-23-21)15-9-17(26-3)18(27-4)10-16(15)25-20/h5-12,25H,1-4H3,(H,22,23,24). The fourth-order valence-corrected chi connectivity index (χ4v) is 3.23. The Morgan fingerprint density at radius 3 is 2.52 bits per heavy atom. The van der Waals surface area contributed by atoms with Crippen molar-refractivity contribution in [2.24, 2.45) is 0 Å². The SMILES string of the molecule is COc1cc2[nH]c3c(Nc4cccc(C(C)C)c4)ncnc3c2cc1OC. The van der Waals surface area contributed by atoms with E-state index in [-0.39, 0.29) is 0 Å². The van der Waals surface area contributed by atoms with E-state index < -0.39 is 0 Å². The molecule has 6 heteroatoms. The second kappa shape index (κ2) is 6.79. The normalized spacial score (nSPS) is 11.3. The lowest BCUT2D eigenvalue weighted by molar-refractivity contribution is 0.356. The lowest BCUT2D eigenvalue weighted by Gasteiger charge is -2.10. The van der Waals surface area contributed by atoms with Gasteiger partial charge in [-0.25, -0.2) is 9.97 Å². The first kappa shape index (κ1) is 17.1. The number of nitrogens with one attached hydrogen (secondary N) is 2. The summed E-state index contributed by atoms with van der Waals surface area (Å²) in [7, 11) is 3.25. The van der Waals surface area contributed by atoms with Crippen LogP contribution in [0.3, 0.4) is 0 Å². The number of anilines is 2. The van der Waals surface area contributed by atoms with E-state index in [4.69, 9.17) is 9.47 Å². The zero-order valence-electron chi connectivity index (χ0n) is 15.8. The number of aromatic nitrogens is 3. The summed E-state index contributed by atoms with van der Waals surface area (Å²) in [6.45, 7) is 4.36. The van der Waals surface area contributed by atoms with Crippen molar-refractivity contribution in [3.8, 4) is 11.5 Å². The molecule has 0 radical (unpaired) electrons. The van der Waals surface area contributed by atoms with Crippen molar-refractivity contribution in [1.29, 1.82) is 0 Å². The van der Waals surface area contributed by atoms with E-state index in [1.54, 1.807) is 20.5 Å². The Labute approximate surface area is 157 Å². The van der Waals surface area contributed by atoms with Crippen LogP contribution < -0.4 is 14.8 Å². The van der Waals surface area contributed by atoms with E-state index in [1.165, 1.54) is 5.56 Å². The third-order valence-electron chi connectivity index (χ3n) is 4.70. The average Bonchev–Trinajstić information content (AvgIpc) is 3.05. The number of hydrogen-bond donors (Lipinski definition) is 2. The minimum atomic E-state index is 0.463. The Balaban J connectivity index is 1.83. The molecule has 0 fully saturated rings. The van der Waals surface area contributed by atoms with Crippen molar-refractivity contribution < 1.29 is 9.47 Å². The van der Waals surface area contributed by atoms with Gasteiger partial charge in [-0.2, -0.15) is 0 Å². The quantitative estimate of drug-likeness (QED) is 0.523. The van der Waals surface area contributed by atoms with Gasteiger partial charge in [0.1, 0.15) is 17.4 Å². The lowest BCUT2D eigenvalue weighted by atomic mass is 10.0. The van der Waals surface area contributed by atoms with Crippen LogP contribution in [0, 0.1) is 0 Å². The zero-order valence-corrected chi connectivity index (χ0v) is 15.8. The molecular formula is C21H22N4O2. The molecule has 0 saturated heterocycles. The molecular weight excluding hydrogens is 340 g/mol. The highest BCUT2D eigenvalue weighted by atomic mass is 16.5. The van der Waals surface area contributed by atoms with Crippen LogP contribution in [-0.4, -0.2) is 29.2 Å². The molecule has 6 nitrogen and oxygen atoms in total. The van der Waals surface area contributed by atoms with Crippen molar-refractivity contribution in [3.63, 3.8) is 0 Å². The first-order chi connectivity index (χ1) is 13.1. The molecule has 0 unspecified atom stereocenters. The number of rotatable bonds is 5. The first-order valence-corrected chi connectivity index (χ1v) is 8.86. The number of H-pyrrole nitrogens is 1. The van der Waals surface area contributed by atoms with Gasteiger partial charge in [0.05, 0.1) is 19.7 Å². The maximum Gasteiger partial charge on any atom is 0.162 e. The van der Waals surface area contributed by atoms with Gasteiger partial charge in [0, 0.05) is 17.1 Å². The third kappa shape index (κ3) is 3.03. The molecule has 0 spiro atoms. The monoisotopic (exact) mass is 362 g/mol. The summed E-state index contributed by atoms with van der Waals surface area (Å²) in [5, 5.41) is 4.38. The summed E-state index contributed by atoms with van der Waals surface area (Å²) in [5.41, 5.74) is 4.87. The van der Waals surface area contributed by atoms with Crippen LogP contribution in [0.2, 0.25) is 0 Å². The average molecular weight is 362 g/mol. The Morgan fingerprint density at radius 2 is 1.78 bits per heavy atom. The van der Waals surface area contributed by atoms with Crippen molar-refractivity contribution in [2.45, 2.75) is 19.8 Å². The van der Waals surface area contributed by atoms with Crippen molar-refractivity contribution >= 4 is 33.4 Å². The number of nitrogens with zero attached hydrogens (tertiary/aromatic N) is 2. The van der Waals surface area contributed by atoms with Gasteiger partial charge >= 0.3 is 0 Å². The maximum atomic E-state index is 5.43. The molecule has 4 aromatic rings. The minimum Gasteiger partial charge on any atom is -0.493 e. The highest BCUT2D eigenvalue weighted by Gasteiger charge is 2.15. The van der Waals surface area contributed by atoms with E-state index in [2.05, 4.69) is 52.3 Å². The van der Waals surface area contributed by atoms with Gasteiger partial charge in [0.15, 0.2) is 17.3 Å². The zero-order chi connectivity index (χ0) is 19.0. The maximum absolute atomic E-state index is 5.43. The van der Waals surface area contributed by atoms with Crippen molar-refractivity contribution in [1.82, 2.24) is 15.0 Å². The lowest BCUT2D eigenvalue weighted by Crippen LogP contribution is -1.97. The van der Waals surface area contributed by atoms with Gasteiger partial charge in [-0.15, -0.1) is 0 Å². The van der Waals surface area contributed by atoms with Crippen molar-refractivity contribution in [2.75, 3.05) is 19.5 Å². The molecule has 27 heavy (non-hydrogen) atoms. The van der Waals surface area contributed by atoms with E-state index >= 15 is 0 Å². The van der Waals surface area contributed by atoms with E-state index in [0.717, 1.165) is 33.4 Å². The van der Waals surface area contributed by atoms with E-state index in [0.29, 0.717) is 17.4 Å². The fraction of sp³-hybridized carbons (Fsp3) is 0.238. The van der Waals surface area contributed by atoms with Gasteiger partial charge in [-0.3, -0.25) is 0 Å². The second-order valence-electron chi connectivity index (χ2n) is 6.73. The summed E-state index contributed by atoms with van der Waals surface area (Å²) in [5.74, 6) is 2.53. The summed E-state index contributed by atoms with van der Waals surface area (Å²) in [6, 6.07) is 12.2. The van der Waals surface area contributed by atoms with Crippen LogP contribution in [0.5, 0.6) is 11.5 Å². The minimum absolute atomic E-state index is 0.463. The Morgan fingerprint density at radius 1 is 1.00 bits per heavy atom. The van der Waals surface area contributed by atoms with Gasteiger partial charge in [-0.1, -0.05) is 26.0 Å². The number of aromatic amines is 1. The Bertz CT molecular complexity index is 1120. The summed E-state index contributed by atoms with van der Waals surface area (Å²) >= 11 is 0. The number of hydrogen-bond acceptors (Lipinski definition) is 5. The third-order valence-corrected chi connectivity index (χ3v) is 4.70. The predicted molar refractivity (Wildman–Crippen MR) is 108 cm³/mol. The van der Waals surface area contributed by atoms with Crippen LogP contribution >= 0.6 is 0 Å². The predicted octanol–water partition coefficient (Wildman–Crippen LogP) is 5.00. The molecule has 0 aliphatic carbocycles. The number of fused-ring (bicyclic) bond motifs is 3. The molecule has 0 aliphatic heterocycles. The van der Waals surface area contributed by atoms with E-state index in [9.17, 15) is 0 Å². The Hall–Kier alpha value is -3.28. The second-order valence-corrected chi connectivity index (χ2v) is 6.73. The first-order valence-electron chi connectivity index (χ1n) is 8.86. The smallest absolute Gasteiger partial charge is 0.162 e. The van der Waals surface area contributed by atoms with Crippen LogP contribution in [0.25, 0.3) is 21.9 Å². The fourth-order valence-electron chi connectivity index (χ4n) is 3.23. The molecule has 4 rings (SSSR count). The largest absolute Gasteiger partial charge is 0.493 e. The highest BCUT2D eigenvalue weighted by Crippen LogP contribution is 2.36. The summed E-state index contributed by atoms with van der Waals surface area (Å²) < 4.78 is 10.8. The molecule has 2 heterocycles. The van der Waals surface area contributed by atoms with Crippen molar-refractivity contribution in [3.05, 3.63) is 48.3 Å². The number of methoxy groups -OCH3 is 2. The van der Waals surface area contributed by atoms with Crippen LogP contribution in [-0.2, 0) is 0 Å². The van der Waals surface area contributed by atoms with Crippen LogP contribution in [0.1, 0.15) is 25.3 Å². The number of benzene rings is 2. The molecule has 2 N–H and O–H groups in total. The molecule has 0 atom stereocenters. The molecule has 0 aliphatic rings. The van der Waals surface area contributed by atoms with Crippen LogP contribution in [0.15, 0.2) is 42.7 Å². The summed E-state index contributed by atoms with van der Waals surface area (Å²) in [6.07, 6.45) is 1.57. The van der Waals surface area contributed by atoms with Gasteiger partial charge in [0.2, 0.25) is 0 Å². The Kier molecular flexibility index (Phi) is 4.32. The topological polar surface area (TPSA) is 72.1 Å². The highest BCUT2D eigenvalue weighted by molar-refractivity contribution is 6.09. The molecule has 138 valence electrons. The van der Waals surface area contributed by atoms with Gasteiger partial charge < -0.3 is 19.8 Å².